The summed E-state index contributed by atoms with van der Waals surface area (Å²) in [5.41, 5.74) is 9.02. The van der Waals surface area contributed by atoms with E-state index in [1.165, 1.54) is 0 Å². The lowest BCUT2D eigenvalue weighted by Gasteiger charge is -2.28. The first-order valence-electron chi connectivity index (χ1n) is 11.1. The van der Waals surface area contributed by atoms with Gasteiger partial charge >= 0.3 is 0 Å². The summed E-state index contributed by atoms with van der Waals surface area (Å²) in [6.07, 6.45) is 4.92. The van der Waals surface area contributed by atoms with Crippen LogP contribution in [0.5, 0.6) is 0 Å². The van der Waals surface area contributed by atoms with E-state index in [4.69, 9.17) is 19.9 Å². The minimum atomic E-state index is -0.678. The highest BCUT2D eigenvalue weighted by Gasteiger charge is 2.51. The number of ether oxygens (including phenoxy) is 1. The predicted octanol–water partition coefficient (Wildman–Crippen LogP) is 2.83. The van der Waals surface area contributed by atoms with Gasteiger partial charge in [-0.15, -0.1) is 0 Å². The highest BCUT2D eigenvalue weighted by molar-refractivity contribution is 6.02. The van der Waals surface area contributed by atoms with Crippen molar-refractivity contribution in [1.29, 1.82) is 0 Å². The van der Waals surface area contributed by atoms with Crippen molar-refractivity contribution >= 4 is 39.3 Å². The van der Waals surface area contributed by atoms with E-state index in [1.54, 1.807) is 12.4 Å². The number of anilines is 2. The summed E-state index contributed by atoms with van der Waals surface area (Å²) in [5.74, 6) is 0.837. The first kappa shape index (κ1) is 19.9. The zero-order valence-electron chi connectivity index (χ0n) is 18.3. The Morgan fingerprint density at radius 2 is 1.94 bits per heavy atom. The van der Waals surface area contributed by atoms with Crippen molar-refractivity contribution in [3.63, 3.8) is 0 Å². The van der Waals surface area contributed by atoms with Gasteiger partial charge in [-0.05, 0) is 31.0 Å². The van der Waals surface area contributed by atoms with Crippen LogP contribution in [-0.2, 0) is 14.9 Å². The van der Waals surface area contributed by atoms with Crippen molar-refractivity contribution in [3.8, 4) is 11.5 Å². The van der Waals surface area contributed by atoms with Gasteiger partial charge < -0.3 is 25.1 Å². The van der Waals surface area contributed by atoms with Crippen LogP contribution in [-0.4, -0.2) is 54.2 Å². The Morgan fingerprint density at radius 3 is 2.67 bits per heavy atom. The maximum Gasteiger partial charge on any atom is 0.229 e. The quantitative estimate of drug-likeness (QED) is 0.482. The summed E-state index contributed by atoms with van der Waals surface area (Å²) in [6.45, 7) is 3.14. The zero-order chi connectivity index (χ0) is 22.6. The van der Waals surface area contributed by atoms with Crippen LogP contribution in [0.3, 0.4) is 0 Å². The van der Waals surface area contributed by atoms with Gasteiger partial charge in [-0.3, -0.25) is 9.78 Å². The van der Waals surface area contributed by atoms with Gasteiger partial charge in [0.2, 0.25) is 11.8 Å². The van der Waals surface area contributed by atoms with Gasteiger partial charge in [0.1, 0.15) is 11.3 Å². The summed E-state index contributed by atoms with van der Waals surface area (Å²) in [4.78, 5) is 28.2. The molecule has 2 aliphatic rings. The molecule has 1 aromatic carbocycles. The maximum atomic E-state index is 12.1. The number of benzene rings is 1. The Hall–Kier alpha value is -3.72. The molecule has 4 aromatic rings. The topological polar surface area (TPSA) is 119 Å². The maximum absolute atomic E-state index is 12.1. The van der Waals surface area contributed by atoms with Gasteiger partial charge in [0.25, 0.3) is 0 Å². The monoisotopic (exact) mass is 444 g/mol. The number of carbonyl (C=O) groups excluding carboxylic acids is 1. The second kappa shape index (κ2) is 7.41. The summed E-state index contributed by atoms with van der Waals surface area (Å²) in [5, 5.41) is 4.80. The largest absolute Gasteiger partial charge is 0.436 e. The minimum absolute atomic E-state index is 0.337. The Bertz CT molecular complexity index is 1390. The van der Waals surface area contributed by atoms with Gasteiger partial charge in [-0.25, -0.2) is 9.97 Å². The number of primary amides is 1. The number of aromatic nitrogens is 3. The number of amides is 1. The third kappa shape index (κ3) is 3.19. The Kier molecular flexibility index (Phi) is 4.48. The SMILES string of the molecule is CNc1ncc(-c2nc3ccc(N4CCOCC4)cc3o2)c2cc(C3(C(N)=O)CC3)ncc12. The first-order valence-corrected chi connectivity index (χ1v) is 11.1. The number of nitrogens with zero attached hydrogens (tertiary/aromatic N) is 4. The number of hydrogen-bond donors (Lipinski definition) is 2. The molecule has 1 saturated heterocycles. The number of nitrogens with two attached hydrogens (primary N) is 1. The third-order valence-corrected chi connectivity index (χ3v) is 6.70. The van der Waals surface area contributed by atoms with Crippen LogP contribution in [0.2, 0.25) is 0 Å². The average Bonchev–Trinajstić information content (AvgIpc) is 3.57. The number of hydrogen-bond acceptors (Lipinski definition) is 8. The van der Waals surface area contributed by atoms with E-state index in [-0.39, 0.29) is 5.91 Å². The van der Waals surface area contributed by atoms with E-state index in [2.05, 4.69) is 26.3 Å². The molecule has 168 valence electrons. The second-order valence-electron chi connectivity index (χ2n) is 8.60. The van der Waals surface area contributed by atoms with Crippen LogP contribution in [0, 0.1) is 0 Å². The highest BCUT2D eigenvalue weighted by Crippen LogP contribution is 2.48. The van der Waals surface area contributed by atoms with Crippen molar-refractivity contribution in [2.45, 2.75) is 18.3 Å². The molecule has 9 heteroatoms. The number of fused-ring (bicyclic) bond motifs is 2. The number of nitrogens with one attached hydrogen (secondary N) is 1. The van der Waals surface area contributed by atoms with Crippen LogP contribution < -0.4 is 16.0 Å². The molecule has 0 unspecified atom stereocenters. The Morgan fingerprint density at radius 1 is 1.12 bits per heavy atom. The molecule has 1 saturated carbocycles. The first-order chi connectivity index (χ1) is 16.1. The molecule has 0 atom stereocenters. The molecular formula is C24H24N6O3. The number of morpholine rings is 1. The van der Waals surface area contributed by atoms with Crippen molar-refractivity contribution in [3.05, 3.63) is 42.4 Å². The molecule has 3 aromatic heterocycles. The van der Waals surface area contributed by atoms with Gasteiger partial charge in [0.15, 0.2) is 5.58 Å². The zero-order valence-corrected chi connectivity index (χ0v) is 18.3. The van der Waals surface area contributed by atoms with E-state index in [0.29, 0.717) is 35.8 Å². The molecule has 9 nitrogen and oxygen atoms in total. The van der Waals surface area contributed by atoms with Gasteiger partial charge in [-0.1, -0.05) is 0 Å². The summed E-state index contributed by atoms with van der Waals surface area (Å²) < 4.78 is 11.7. The fourth-order valence-corrected chi connectivity index (χ4v) is 4.57. The lowest BCUT2D eigenvalue weighted by molar-refractivity contribution is -0.120. The normalized spacial score (nSPS) is 17.4. The molecule has 3 N–H and O–H groups in total. The standard InChI is InChI=1S/C24H24N6O3/c1-26-21-16-12-27-20(24(4-5-24)23(25)31)11-15(16)17(13-28-21)22-29-18-3-2-14(10-19(18)33-22)30-6-8-32-9-7-30/h2-3,10-13H,4-9H2,1H3,(H2,25,31)(H,26,28). The molecule has 0 bridgehead atoms. The molecule has 4 heterocycles. The molecule has 1 aliphatic carbocycles. The van der Waals surface area contributed by atoms with Crippen LogP contribution >= 0.6 is 0 Å². The Balaban J connectivity index is 1.48. The van der Waals surface area contributed by atoms with E-state index < -0.39 is 5.41 Å². The predicted molar refractivity (Wildman–Crippen MR) is 125 cm³/mol. The molecule has 1 aliphatic heterocycles. The number of carbonyl (C=O) groups is 1. The summed E-state index contributed by atoms with van der Waals surface area (Å²) in [6, 6.07) is 7.99. The van der Waals surface area contributed by atoms with E-state index in [9.17, 15) is 4.79 Å². The number of oxazole rings is 1. The number of pyridine rings is 2. The molecule has 33 heavy (non-hydrogen) atoms. The van der Waals surface area contributed by atoms with Gasteiger partial charge in [0.05, 0.1) is 29.9 Å². The van der Waals surface area contributed by atoms with E-state index in [0.717, 1.165) is 53.8 Å². The molecule has 2 fully saturated rings. The molecular weight excluding hydrogens is 420 g/mol. The summed E-state index contributed by atoms with van der Waals surface area (Å²) >= 11 is 0. The van der Waals surface area contributed by atoms with Crippen molar-refractivity contribution < 1.29 is 13.9 Å². The van der Waals surface area contributed by atoms with E-state index >= 15 is 0 Å². The van der Waals surface area contributed by atoms with E-state index in [1.807, 2.05) is 25.2 Å². The van der Waals surface area contributed by atoms with Gasteiger partial charge in [-0.2, -0.15) is 0 Å². The van der Waals surface area contributed by atoms with Crippen molar-refractivity contribution in [2.24, 2.45) is 5.73 Å². The molecule has 0 spiro atoms. The second-order valence-corrected chi connectivity index (χ2v) is 8.60. The average molecular weight is 444 g/mol. The van der Waals surface area contributed by atoms with Crippen molar-refractivity contribution in [2.75, 3.05) is 43.6 Å². The van der Waals surface area contributed by atoms with Crippen LogP contribution in [0.25, 0.3) is 33.3 Å². The van der Waals surface area contributed by atoms with Crippen LogP contribution in [0.15, 0.2) is 41.1 Å². The fraction of sp³-hybridized carbons (Fsp3) is 0.333. The Labute approximate surface area is 190 Å². The third-order valence-electron chi connectivity index (χ3n) is 6.70. The molecule has 0 radical (unpaired) electrons. The molecule has 1 amide bonds. The van der Waals surface area contributed by atoms with Crippen LogP contribution in [0.1, 0.15) is 18.5 Å². The fourth-order valence-electron chi connectivity index (χ4n) is 4.57. The minimum Gasteiger partial charge on any atom is -0.436 e. The summed E-state index contributed by atoms with van der Waals surface area (Å²) in [7, 11) is 1.81. The smallest absolute Gasteiger partial charge is 0.229 e. The number of rotatable bonds is 5. The van der Waals surface area contributed by atoms with Crippen LogP contribution in [0.4, 0.5) is 11.5 Å². The van der Waals surface area contributed by atoms with Gasteiger partial charge in [0, 0.05) is 55.1 Å². The lowest BCUT2D eigenvalue weighted by atomic mass is 9.98. The lowest BCUT2D eigenvalue weighted by Crippen LogP contribution is -2.36. The van der Waals surface area contributed by atoms with Crippen molar-refractivity contribution in [1.82, 2.24) is 15.0 Å². The molecule has 6 rings (SSSR count). The highest BCUT2D eigenvalue weighted by atomic mass is 16.5.